The SMILES string of the molecule is C[P+](C)(C)CNC(N)=O. The van der Waals surface area contributed by atoms with Crippen LogP contribution >= 0.6 is 7.26 Å². The molecule has 0 saturated heterocycles. The van der Waals surface area contributed by atoms with E-state index < -0.39 is 13.3 Å². The largest absolute Gasteiger partial charge is 0.352 e. The number of nitrogens with one attached hydrogen (secondary N) is 1. The van der Waals surface area contributed by atoms with Gasteiger partial charge in [-0.1, -0.05) is 0 Å². The maximum atomic E-state index is 10.2. The second-order valence-corrected chi connectivity index (χ2v) is 7.89. The van der Waals surface area contributed by atoms with Gasteiger partial charge in [0.25, 0.3) is 0 Å². The standard InChI is InChI=1S/C5H13N2OP/c1-9(2,3)4-7-5(6)8/h4H2,1-3H3,(H2-,6,7,8)/p+1. The van der Waals surface area contributed by atoms with Crippen molar-refractivity contribution in [1.29, 1.82) is 0 Å². The Morgan fingerprint density at radius 1 is 1.56 bits per heavy atom. The number of nitrogens with two attached hydrogens (primary N) is 1. The van der Waals surface area contributed by atoms with Crippen LogP contribution in [0.15, 0.2) is 0 Å². The Bertz CT molecular complexity index is 108. The van der Waals surface area contributed by atoms with Crippen LogP contribution in [-0.4, -0.2) is 32.3 Å². The van der Waals surface area contributed by atoms with Gasteiger partial charge in [-0.15, -0.1) is 0 Å². The van der Waals surface area contributed by atoms with Gasteiger partial charge in [-0.3, -0.25) is 0 Å². The molecule has 0 aromatic heterocycles. The van der Waals surface area contributed by atoms with Crippen molar-refractivity contribution >= 4 is 13.3 Å². The summed E-state index contributed by atoms with van der Waals surface area (Å²) in [7, 11) is -0.882. The number of rotatable bonds is 2. The number of carbonyl (C=O) groups is 1. The number of carbonyl (C=O) groups excluding carboxylic acids is 1. The van der Waals surface area contributed by atoms with Crippen LogP contribution in [0.2, 0.25) is 0 Å². The van der Waals surface area contributed by atoms with Gasteiger partial charge >= 0.3 is 6.03 Å². The first-order chi connectivity index (χ1) is 3.92. The van der Waals surface area contributed by atoms with Crippen molar-refractivity contribution < 1.29 is 4.79 Å². The molecule has 0 atom stereocenters. The number of hydrogen-bond acceptors (Lipinski definition) is 1. The van der Waals surface area contributed by atoms with Crippen molar-refractivity contribution in [3.8, 4) is 0 Å². The molecule has 2 amide bonds. The normalized spacial score (nSPS) is 11.0. The van der Waals surface area contributed by atoms with Crippen molar-refractivity contribution in [3.05, 3.63) is 0 Å². The summed E-state index contributed by atoms with van der Waals surface area (Å²) in [6.45, 7) is 6.43. The van der Waals surface area contributed by atoms with E-state index in [-0.39, 0.29) is 0 Å². The second kappa shape index (κ2) is 3.02. The molecule has 0 heterocycles. The van der Waals surface area contributed by atoms with Gasteiger partial charge in [-0.2, -0.15) is 0 Å². The van der Waals surface area contributed by atoms with E-state index in [1.165, 1.54) is 0 Å². The quantitative estimate of drug-likeness (QED) is 0.552. The molecule has 0 aliphatic heterocycles. The lowest BCUT2D eigenvalue weighted by Gasteiger charge is -2.10. The molecule has 4 heteroatoms. The second-order valence-electron chi connectivity index (χ2n) is 2.99. The molecule has 0 aromatic carbocycles. The highest BCUT2D eigenvalue weighted by Gasteiger charge is 2.16. The Hall–Kier alpha value is -0.300. The predicted octanol–water partition coefficient (Wildman–Crippen LogP) is 0.519. The lowest BCUT2D eigenvalue weighted by molar-refractivity contribution is 0.250. The smallest absolute Gasteiger partial charge is 0.314 e. The summed E-state index contributed by atoms with van der Waals surface area (Å²) in [4.78, 5) is 10.2. The van der Waals surface area contributed by atoms with E-state index in [1.54, 1.807) is 0 Å². The van der Waals surface area contributed by atoms with Crippen molar-refractivity contribution in [2.45, 2.75) is 0 Å². The van der Waals surface area contributed by atoms with Gasteiger partial charge in [0.2, 0.25) is 0 Å². The fourth-order valence-electron chi connectivity index (χ4n) is 0.315. The van der Waals surface area contributed by atoms with E-state index >= 15 is 0 Å². The Morgan fingerprint density at radius 2 is 2.00 bits per heavy atom. The lowest BCUT2D eigenvalue weighted by atomic mass is 11.0. The zero-order valence-corrected chi connectivity index (χ0v) is 7.03. The molecule has 54 valence electrons. The first kappa shape index (κ1) is 8.70. The van der Waals surface area contributed by atoms with Gasteiger partial charge in [0.05, 0.1) is 20.0 Å². The molecule has 9 heavy (non-hydrogen) atoms. The number of amides is 2. The molecule has 0 aromatic rings. The first-order valence-corrected chi connectivity index (χ1v) is 6.07. The number of primary amides is 1. The van der Waals surface area contributed by atoms with Gasteiger partial charge in [0.1, 0.15) is 6.29 Å². The topological polar surface area (TPSA) is 55.1 Å². The lowest BCUT2D eigenvalue weighted by Crippen LogP contribution is -2.30. The minimum Gasteiger partial charge on any atom is -0.352 e. The van der Waals surface area contributed by atoms with Crippen LogP contribution in [0.25, 0.3) is 0 Å². The molecule has 0 radical (unpaired) electrons. The summed E-state index contributed by atoms with van der Waals surface area (Å²) in [5.41, 5.74) is 4.87. The van der Waals surface area contributed by atoms with E-state index in [0.717, 1.165) is 6.29 Å². The van der Waals surface area contributed by atoms with Gasteiger partial charge in [0, 0.05) is 7.26 Å². The van der Waals surface area contributed by atoms with Gasteiger partial charge in [-0.25, -0.2) is 4.79 Å². The van der Waals surface area contributed by atoms with E-state index in [1.807, 2.05) is 0 Å². The van der Waals surface area contributed by atoms with Crippen LogP contribution in [0.1, 0.15) is 0 Å². The van der Waals surface area contributed by atoms with Crippen LogP contribution in [0.3, 0.4) is 0 Å². The summed E-state index contributed by atoms with van der Waals surface area (Å²) in [5.74, 6) is 0. The van der Waals surface area contributed by atoms with Crippen LogP contribution in [0, 0.1) is 0 Å². The molecule has 0 aliphatic rings. The number of hydrogen-bond donors (Lipinski definition) is 2. The molecule has 0 bridgehead atoms. The third-order valence-corrected chi connectivity index (χ3v) is 1.83. The number of urea groups is 1. The summed E-state index contributed by atoms with van der Waals surface area (Å²) >= 11 is 0. The highest BCUT2D eigenvalue weighted by atomic mass is 31.2. The zero-order valence-electron chi connectivity index (χ0n) is 6.14. The van der Waals surface area contributed by atoms with Gasteiger partial charge in [0.15, 0.2) is 0 Å². The van der Waals surface area contributed by atoms with Crippen LogP contribution in [-0.2, 0) is 0 Å². The van der Waals surface area contributed by atoms with Crippen LogP contribution < -0.4 is 11.1 Å². The summed E-state index contributed by atoms with van der Waals surface area (Å²) in [5, 5.41) is 2.57. The average molecular weight is 149 g/mol. The summed E-state index contributed by atoms with van der Waals surface area (Å²) < 4.78 is 0. The predicted molar refractivity (Wildman–Crippen MR) is 42.3 cm³/mol. The first-order valence-electron chi connectivity index (χ1n) is 2.75. The molecule has 0 fully saturated rings. The molecule has 3 N–H and O–H groups in total. The maximum Gasteiger partial charge on any atom is 0.314 e. The fourth-order valence-corrected chi connectivity index (χ4v) is 0.945. The Balaban J connectivity index is 3.39. The van der Waals surface area contributed by atoms with Gasteiger partial charge < -0.3 is 11.1 Å². The molecule has 0 spiro atoms. The van der Waals surface area contributed by atoms with Crippen molar-refractivity contribution in [2.75, 3.05) is 26.3 Å². The molecular formula is C5H14N2OP+. The highest BCUT2D eigenvalue weighted by molar-refractivity contribution is 7.73. The monoisotopic (exact) mass is 149 g/mol. The Morgan fingerprint density at radius 3 is 2.11 bits per heavy atom. The zero-order chi connectivity index (χ0) is 7.49. The minimum absolute atomic E-state index is 0.426. The fraction of sp³-hybridized carbons (Fsp3) is 0.800. The molecule has 0 rings (SSSR count). The average Bonchev–Trinajstić information content (AvgIpc) is 1.59. The molecule has 0 aliphatic carbocycles. The maximum absolute atomic E-state index is 10.2. The Labute approximate surface area is 56.3 Å². The van der Waals surface area contributed by atoms with Crippen LogP contribution in [0.5, 0.6) is 0 Å². The third kappa shape index (κ3) is 7.70. The van der Waals surface area contributed by atoms with Crippen molar-refractivity contribution in [2.24, 2.45) is 5.73 Å². The van der Waals surface area contributed by atoms with E-state index in [4.69, 9.17) is 5.73 Å². The van der Waals surface area contributed by atoms with Gasteiger partial charge in [-0.05, 0) is 0 Å². The molecule has 0 unspecified atom stereocenters. The van der Waals surface area contributed by atoms with Crippen molar-refractivity contribution in [1.82, 2.24) is 5.32 Å². The molecular weight excluding hydrogens is 135 g/mol. The van der Waals surface area contributed by atoms with Crippen molar-refractivity contribution in [3.63, 3.8) is 0 Å². The minimum atomic E-state index is -0.882. The van der Waals surface area contributed by atoms with Crippen LogP contribution in [0.4, 0.5) is 4.79 Å². The summed E-state index contributed by atoms with van der Waals surface area (Å²) in [6, 6.07) is -0.426. The Kier molecular flexibility index (Phi) is 2.92. The third-order valence-electron chi connectivity index (χ3n) is 0.728. The summed E-state index contributed by atoms with van der Waals surface area (Å²) in [6.07, 6.45) is 0.738. The van der Waals surface area contributed by atoms with E-state index in [2.05, 4.69) is 25.3 Å². The van der Waals surface area contributed by atoms with E-state index in [9.17, 15) is 4.79 Å². The highest BCUT2D eigenvalue weighted by Crippen LogP contribution is 2.44. The molecule has 3 nitrogen and oxygen atoms in total. The van der Waals surface area contributed by atoms with E-state index in [0.29, 0.717) is 0 Å². The molecule has 0 saturated carbocycles.